The summed E-state index contributed by atoms with van der Waals surface area (Å²) >= 11 is 0. The maximum Gasteiger partial charge on any atom is 0.0945 e. The van der Waals surface area contributed by atoms with Crippen LogP contribution in [0.25, 0.3) is 0 Å². The smallest absolute Gasteiger partial charge is 0.0945 e. The number of aromatic nitrogens is 2. The van der Waals surface area contributed by atoms with Crippen LogP contribution < -0.4 is 5.73 Å². The number of nitrogens with two attached hydrogens (primary N) is 1. The molecule has 2 unspecified atom stereocenters. The molecule has 0 aliphatic carbocycles. The minimum Gasteiger partial charge on any atom is -0.337 e. The van der Waals surface area contributed by atoms with Crippen LogP contribution in [0.2, 0.25) is 0 Å². The maximum atomic E-state index is 5.98. The molecule has 4 heteroatoms. The molecule has 4 nitrogen and oxygen atoms in total. The van der Waals surface area contributed by atoms with E-state index in [-0.39, 0.29) is 0 Å². The second-order valence-corrected chi connectivity index (χ2v) is 4.55. The Labute approximate surface area is 91.1 Å². The SMILES string of the molecule is CC1CN(CCCn2ccnc2)CC1N. The van der Waals surface area contributed by atoms with Gasteiger partial charge in [0.1, 0.15) is 0 Å². The highest BCUT2D eigenvalue weighted by atomic mass is 15.2. The van der Waals surface area contributed by atoms with Crippen LogP contribution in [0.3, 0.4) is 0 Å². The molecule has 1 aromatic rings. The summed E-state index contributed by atoms with van der Waals surface area (Å²) in [6, 6.07) is 0.373. The molecule has 2 atom stereocenters. The van der Waals surface area contributed by atoms with Gasteiger partial charge in [-0.15, -0.1) is 0 Å². The van der Waals surface area contributed by atoms with E-state index in [1.165, 1.54) is 6.42 Å². The molecule has 0 aromatic carbocycles. The van der Waals surface area contributed by atoms with Crippen LogP contribution in [-0.4, -0.2) is 40.1 Å². The highest BCUT2D eigenvalue weighted by molar-refractivity contribution is 4.84. The third-order valence-corrected chi connectivity index (χ3v) is 3.20. The zero-order chi connectivity index (χ0) is 10.7. The summed E-state index contributed by atoms with van der Waals surface area (Å²) in [4.78, 5) is 6.49. The standard InChI is InChI=1S/C11H20N4/c1-10-7-15(8-11(10)12)5-2-4-14-6-3-13-9-14/h3,6,9-11H,2,4-5,7-8,12H2,1H3. The minimum absolute atomic E-state index is 0.373. The predicted octanol–water partition coefficient (Wildman–Crippen LogP) is 0.552. The van der Waals surface area contributed by atoms with Crippen molar-refractivity contribution in [1.29, 1.82) is 0 Å². The molecule has 1 saturated heterocycles. The molecular formula is C11H20N4. The van der Waals surface area contributed by atoms with E-state index in [0.29, 0.717) is 12.0 Å². The Morgan fingerprint density at radius 1 is 1.40 bits per heavy atom. The number of hydrogen-bond donors (Lipinski definition) is 1. The van der Waals surface area contributed by atoms with Gasteiger partial charge in [-0.05, 0) is 18.9 Å². The lowest BCUT2D eigenvalue weighted by molar-refractivity contribution is 0.314. The van der Waals surface area contributed by atoms with Gasteiger partial charge in [0.05, 0.1) is 6.33 Å². The van der Waals surface area contributed by atoms with E-state index in [0.717, 1.165) is 26.2 Å². The summed E-state index contributed by atoms with van der Waals surface area (Å²) < 4.78 is 2.12. The molecule has 1 aromatic heterocycles. The monoisotopic (exact) mass is 208 g/mol. The van der Waals surface area contributed by atoms with E-state index >= 15 is 0 Å². The van der Waals surface area contributed by atoms with Crippen molar-refractivity contribution in [2.45, 2.75) is 25.9 Å². The fraction of sp³-hybridized carbons (Fsp3) is 0.727. The van der Waals surface area contributed by atoms with Crippen molar-refractivity contribution in [2.75, 3.05) is 19.6 Å². The van der Waals surface area contributed by atoms with Crippen molar-refractivity contribution in [2.24, 2.45) is 11.7 Å². The van der Waals surface area contributed by atoms with E-state index in [2.05, 4.69) is 21.4 Å². The Morgan fingerprint density at radius 3 is 2.87 bits per heavy atom. The van der Waals surface area contributed by atoms with Gasteiger partial charge < -0.3 is 15.2 Å². The number of hydrogen-bond acceptors (Lipinski definition) is 3. The summed E-state index contributed by atoms with van der Waals surface area (Å²) in [5.41, 5.74) is 5.98. The minimum atomic E-state index is 0.373. The molecule has 1 aliphatic heterocycles. The van der Waals surface area contributed by atoms with E-state index in [1.807, 2.05) is 18.7 Å². The van der Waals surface area contributed by atoms with Gasteiger partial charge in [-0.2, -0.15) is 0 Å². The molecule has 2 N–H and O–H groups in total. The van der Waals surface area contributed by atoms with Gasteiger partial charge >= 0.3 is 0 Å². The Balaban J connectivity index is 1.67. The summed E-state index contributed by atoms with van der Waals surface area (Å²) in [5.74, 6) is 0.651. The van der Waals surface area contributed by atoms with Gasteiger partial charge in [0, 0.05) is 38.1 Å². The van der Waals surface area contributed by atoms with Crippen molar-refractivity contribution in [3.63, 3.8) is 0 Å². The quantitative estimate of drug-likeness (QED) is 0.786. The highest BCUT2D eigenvalue weighted by Crippen LogP contribution is 2.14. The van der Waals surface area contributed by atoms with E-state index in [4.69, 9.17) is 5.73 Å². The molecule has 0 amide bonds. The molecule has 2 heterocycles. The Morgan fingerprint density at radius 2 is 2.27 bits per heavy atom. The van der Waals surface area contributed by atoms with Gasteiger partial charge in [-0.25, -0.2) is 4.98 Å². The third-order valence-electron chi connectivity index (χ3n) is 3.20. The van der Waals surface area contributed by atoms with E-state index < -0.39 is 0 Å². The summed E-state index contributed by atoms with van der Waals surface area (Å²) in [7, 11) is 0. The number of rotatable bonds is 4. The van der Waals surface area contributed by atoms with Gasteiger partial charge in [0.2, 0.25) is 0 Å². The molecule has 1 aliphatic rings. The molecule has 0 spiro atoms. The van der Waals surface area contributed by atoms with Crippen molar-refractivity contribution < 1.29 is 0 Å². The second kappa shape index (κ2) is 4.77. The zero-order valence-corrected chi connectivity index (χ0v) is 9.34. The number of likely N-dealkylation sites (tertiary alicyclic amines) is 1. The van der Waals surface area contributed by atoms with Crippen LogP contribution >= 0.6 is 0 Å². The van der Waals surface area contributed by atoms with Crippen LogP contribution in [0, 0.1) is 5.92 Å². The number of imidazole rings is 1. The van der Waals surface area contributed by atoms with Crippen LogP contribution in [0.4, 0.5) is 0 Å². The highest BCUT2D eigenvalue weighted by Gasteiger charge is 2.25. The molecule has 0 saturated carbocycles. The normalized spacial score (nSPS) is 27.3. The molecule has 2 rings (SSSR count). The fourth-order valence-electron chi connectivity index (χ4n) is 2.17. The van der Waals surface area contributed by atoms with Crippen molar-refractivity contribution in [3.8, 4) is 0 Å². The first-order chi connectivity index (χ1) is 7.25. The first-order valence-corrected chi connectivity index (χ1v) is 5.69. The summed E-state index contributed by atoms with van der Waals surface area (Å²) in [6.45, 7) is 6.66. The molecule has 1 fully saturated rings. The molecule has 0 bridgehead atoms. The molecule has 15 heavy (non-hydrogen) atoms. The van der Waals surface area contributed by atoms with Gasteiger partial charge in [-0.3, -0.25) is 0 Å². The topological polar surface area (TPSA) is 47.1 Å². The number of aryl methyl sites for hydroxylation is 1. The van der Waals surface area contributed by atoms with Gasteiger partial charge in [0.25, 0.3) is 0 Å². The first kappa shape index (κ1) is 10.6. The fourth-order valence-corrected chi connectivity index (χ4v) is 2.17. The average Bonchev–Trinajstić information content (AvgIpc) is 2.79. The lowest BCUT2D eigenvalue weighted by atomic mass is 10.1. The van der Waals surface area contributed by atoms with Crippen LogP contribution in [0.1, 0.15) is 13.3 Å². The van der Waals surface area contributed by atoms with Crippen LogP contribution in [0.15, 0.2) is 18.7 Å². The lowest BCUT2D eigenvalue weighted by Crippen LogP contribution is -2.29. The lowest BCUT2D eigenvalue weighted by Gasteiger charge is -2.14. The van der Waals surface area contributed by atoms with E-state index in [9.17, 15) is 0 Å². The van der Waals surface area contributed by atoms with Crippen LogP contribution in [-0.2, 0) is 6.54 Å². The van der Waals surface area contributed by atoms with Crippen LogP contribution in [0.5, 0.6) is 0 Å². The third kappa shape index (κ3) is 2.79. The Kier molecular flexibility index (Phi) is 3.38. The Hall–Kier alpha value is -0.870. The molecule has 0 radical (unpaired) electrons. The van der Waals surface area contributed by atoms with Crippen molar-refractivity contribution in [1.82, 2.24) is 14.5 Å². The van der Waals surface area contributed by atoms with E-state index in [1.54, 1.807) is 0 Å². The summed E-state index contributed by atoms with van der Waals surface area (Å²) in [6.07, 6.45) is 6.89. The summed E-state index contributed by atoms with van der Waals surface area (Å²) in [5, 5.41) is 0. The molecular weight excluding hydrogens is 188 g/mol. The second-order valence-electron chi connectivity index (χ2n) is 4.55. The molecule has 84 valence electrons. The first-order valence-electron chi connectivity index (χ1n) is 5.69. The average molecular weight is 208 g/mol. The zero-order valence-electron chi connectivity index (χ0n) is 9.34. The van der Waals surface area contributed by atoms with Gasteiger partial charge in [0.15, 0.2) is 0 Å². The number of nitrogens with zero attached hydrogens (tertiary/aromatic N) is 3. The van der Waals surface area contributed by atoms with Gasteiger partial charge in [-0.1, -0.05) is 6.92 Å². The van der Waals surface area contributed by atoms with Crippen molar-refractivity contribution in [3.05, 3.63) is 18.7 Å². The predicted molar refractivity (Wildman–Crippen MR) is 60.4 cm³/mol. The van der Waals surface area contributed by atoms with Crippen molar-refractivity contribution >= 4 is 0 Å². The maximum absolute atomic E-state index is 5.98. The Bertz CT molecular complexity index is 273. The largest absolute Gasteiger partial charge is 0.337 e.